The van der Waals surface area contributed by atoms with Gasteiger partial charge in [0, 0.05) is 100 Å². The molecule has 1 fully saturated rings. The van der Waals surface area contributed by atoms with Crippen LogP contribution in [0.1, 0.15) is 127 Å². The number of piperidine rings is 1. The van der Waals surface area contributed by atoms with Crippen LogP contribution in [-0.4, -0.2) is 123 Å². The fourth-order valence-electron chi connectivity index (χ4n) is 10.1. The molecule has 2 amide bonds. The lowest BCUT2D eigenvalue weighted by molar-refractivity contribution is -0.160. The predicted molar refractivity (Wildman–Crippen MR) is 245 cm³/mol. The molecule has 1 aliphatic carbocycles. The summed E-state index contributed by atoms with van der Waals surface area (Å²) in [6, 6.07) is 0. The molecule has 1 aromatic carbocycles. The maximum absolute atomic E-state index is 15.1. The van der Waals surface area contributed by atoms with Crippen molar-refractivity contribution in [3.8, 4) is 11.5 Å². The van der Waals surface area contributed by atoms with E-state index in [1.807, 2.05) is 6.92 Å². The number of likely N-dealkylation sites (tertiary alicyclic amines) is 1. The highest BCUT2D eigenvalue weighted by atomic mass is 16.7. The van der Waals surface area contributed by atoms with Gasteiger partial charge in [-0.05, 0) is 32.3 Å². The van der Waals surface area contributed by atoms with Gasteiger partial charge in [-0.2, -0.15) is 0 Å². The van der Waals surface area contributed by atoms with E-state index in [0.717, 1.165) is 6.54 Å². The first kappa shape index (κ1) is 50.3. The number of hydrogen-bond donors (Lipinski definition) is 4. The van der Waals surface area contributed by atoms with E-state index in [1.165, 1.54) is 51.2 Å². The zero-order valence-corrected chi connectivity index (χ0v) is 40.4. The number of aliphatic imine (C=N–C) groups is 1. The van der Waals surface area contributed by atoms with E-state index in [9.17, 15) is 34.5 Å². The fourth-order valence-corrected chi connectivity index (χ4v) is 10.1. The topological polar surface area (TPSA) is 214 Å². The van der Waals surface area contributed by atoms with Gasteiger partial charge in [0.05, 0.1) is 47.1 Å². The summed E-state index contributed by atoms with van der Waals surface area (Å²) in [4.78, 5) is 80.5. The number of carbonyl (C=O) groups excluding carboxylic acids is 5. The first-order chi connectivity index (χ1) is 31.0. The second-order valence-corrected chi connectivity index (χ2v) is 19.3. The zero-order valence-electron chi connectivity index (χ0n) is 40.4. The number of aliphatic hydroxyl groups is 2. The van der Waals surface area contributed by atoms with Gasteiger partial charge >= 0.3 is 11.8 Å². The van der Waals surface area contributed by atoms with E-state index in [0.29, 0.717) is 38.3 Å². The van der Waals surface area contributed by atoms with Crippen molar-refractivity contribution in [1.29, 1.82) is 0 Å². The molecule has 66 heavy (non-hydrogen) atoms. The van der Waals surface area contributed by atoms with Crippen molar-refractivity contribution in [3.63, 3.8) is 0 Å². The summed E-state index contributed by atoms with van der Waals surface area (Å²) in [5.41, 5.74) is -1.44. The predicted octanol–water partition coefficient (Wildman–Crippen LogP) is 5.65. The molecule has 16 heteroatoms. The molecule has 5 heterocycles. The van der Waals surface area contributed by atoms with Crippen molar-refractivity contribution >= 4 is 35.1 Å². The molecule has 0 saturated carbocycles. The van der Waals surface area contributed by atoms with Gasteiger partial charge in [0.15, 0.2) is 0 Å². The minimum Gasteiger partial charge on any atom is -0.507 e. The molecule has 0 unspecified atom stereocenters. The number of ether oxygens (including phenoxy) is 4. The summed E-state index contributed by atoms with van der Waals surface area (Å²) in [7, 11) is 1.45. The highest BCUT2D eigenvalue weighted by Gasteiger charge is 2.57. The Morgan fingerprint density at radius 1 is 0.985 bits per heavy atom. The molecule has 16 nitrogen and oxygen atoms in total. The number of fused-ring (bicyclic) bond motifs is 13. The number of rotatable bonds is 6. The van der Waals surface area contributed by atoms with Crippen molar-refractivity contribution in [2.75, 3.05) is 26.7 Å². The normalized spacial score (nSPS) is 32.3. The van der Waals surface area contributed by atoms with Crippen LogP contribution in [0.2, 0.25) is 0 Å². The highest BCUT2D eigenvalue weighted by molar-refractivity contribution is 6.35. The van der Waals surface area contributed by atoms with Gasteiger partial charge < -0.3 is 44.5 Å². The Balaban J connectivity index is 1.57. The molecular weight excluding hydrogens is 849 g/mol. The van der Waals surface area contributed by atoms with Crippen LogP contribution >= 0.6 is 0 Å². The molecule has 9 atom stereocenters. The highest BCUT2D eigenvalue weighted by Crippen LogP contribution is 2.52. The van der Waals surface area contributed by atoms with Gasteiger partial charge in [0.1, 0.15) is 29.0 Å². The number of amides is 2. The number of benzene rings is 1. The Morgan fingerprint density at radius 2 is 1.65 bits per heavy atom. The third kappa shape index (κ3) is 9.13. The molecule has 5 bridgehead atoms. The fraction of sp³-hybridized carbons (Fsp3) is 0.600. The molecule has 1 spiro atoms. The quantitative estimate of drug-likeness (QED) is 0.254. The van der Waals surface area contributed by atoms with Crippen LogP contribution < -0.4 is 10.1 Å². The number of Topliss-reactive ketones (excluding diaryl/α,β-unsaturated/α-hetero) is 2. The summed E-state index contributed by atoms with van der Waals surface area (Å²) in [5.74, 6) is -7.80. The average molecular weight is 917 g/mol. The van der Waals surface area contributed by atoms with Gasteiger partial charge in [-0.1, -0.05) is 66.7 Å². The SMILES string of the molecule is CCCC(=O)N1C2=C3NC(=O)/C(C)=C\C=C/[C@H](C)[C@H](O)[C@@H](C)[C@@H](O)[C@@H](C)[C@H](OC(C)=O)[C@H](C)[C@@H](OC)/C=C\O[C@@]4(C)Oc5c(C)c(O)c(c(c5C4=O)C2=NC12CCN(CC(C)C)CC2)C3=O. The van der Waals surface area contributed by atoms with Crippen LogP contribution in [-0.2, 0) is 28.6 Å². The third-order valence-corrected chi connectivity index (χ3v) is 13.9. The number of phenols is 1. The number of methoxy groups -OCH3 is 1. The van der Waals surface area contributed by atoms with Crippen molar-refractivity contribution < 1.29 is 58.2 Å². The van der Waals surface area contributed by atoms with Crippen molar-refractivity contribution in [2.45, 2.75) is 138 Å². The standard InChI is InChI=1S/C50H68N4O12/c1-13-15-34(56)54-40-38(52-50(54)19-21-53(22-20-50)24-25(2)3)35-36-43(59)31(9)46-37(35)47(61)49(11,66-46)64-23-18-33(63-12)28(6)45(65-32(10)55)30(8)42(58)29(7)41(57)26(4)16-14-17-27(5)48(62)51-39(40)44(36)60/h14,16-18,23,25-26,28-30,33,41-42,45,57-59H,13,15,19-22,24H2,1-12H3,(H,51,62)/b16-14-,23-18-,27-17-/t26-,28+,29+,30+,33-,41-,42+,45+,49-/m0/s1. The zero-order chi connectivity index (χ0) is 48.7. The number of carbonyl (C=O) groups is 5. The summed E-state index contributed by atoms with van der Waals surface area (Å²) in [5, 5.41) is 37.9. The number of phenolic OH excluding ortho intramolecular Hbond substituents is 1. The lowest BCUT2D eigenvalue weighted by Gasteiger charge is -2.44. The van der Waals surface area contributed by atoms with Gasteiger partial charge in [0.25, 0.3) is 11.7 Å². The number of nitrogens with zero attached hydrogens (tertiary/aromatic N) is 3. The van der Waals surface area contributed by atoms with E-state index in [1.54, 1.807) is 46.8 Å². The Bertz CT molecular complexity index is 2290. The lowest BCUT2D eigenvalue weighted by atomic mass is 9.78. The molecule has 1 saturated heterocycles. The van der Waals surface area contributed by atoms with Gasteiger partial charge in [-0.15, -0.1) is 0 Å². The number of aromatic hydroxyl groups is 1. The molecule has 7 rings (SSSR count). The first-order valence-electron chi connectivity index (χ1n) is 23.2. The lowest BCUT2D eigenvalue weighted by Crippen LogP contribution is -2.54. The van der Waals surface area contributed by atoms with Crippen LogP contribution in [0.3, 0.4) is 0 Å². The maximum Gasteiger partial charge on any atom is 0.312 e. The number of nitrogens with one attached hydrogen (secondary N) is 1. The molecule has 4 N–H and O–H groups in total. The van der Waals surface area contributed by atoms with Gasteiger partial charge in [-0.25, -0.2) is 0 Å². The number of hydrogen-bond acceptors (Lipinski definition) is 14. The number of ketones is 2. The van der Waals surface area contributed by atoms with Crippen molar-refractivity contribution in [1.82, 2.24) is 15.1 Å². The van der Waals surface area contributed by atoms with Crippen LogP contribution in [0.15, 0.2) is 52.5 Å². The Kier molecular flexibility index (Phi) is 14.9. The van der Waals surface area contributed by atoms with Crippen molar-refractivity contribution in [2.24, 2.45) is 34.6 Å². The molecule has 1 aromatic rings. The summed E-state index contributed by atoms with van der Waals surface area (Å²) < 4.78 is 24.1. The number of aliphatic hydroxyl groups excluding tert-OH is 2. The Morgan fingerprint density at radius 3 is 2.26 bits per heavy atom. The van der Waals surface area contributed by atoms with Crippen LogP contribution in [0.25, 0.3) is 0 Å². The second-order valence-electron chi connectivity index (χ2n) is 19.3. The monoisotopic (exact) mass is 916 g/mol. The Labute approximate surface area is 387 Å². The van der Waals surface area contributed by atoms with E-state index in [2.05, 4.69) is 24.1 Å². The Hall–Kier alpha value is -5.16. The molecular formula is C50H68N4O12. The van der Waals surface area contributed by atoms with E-state index >= 15 is 4.79 Å². The molecule has 0 radical (unpaired) electrons. The summed E-state index contributed by atoms with van der Waals surface area (Å²) in [6.07, 6.45) is 5.01. The summed E-state index contributed by atoms with van der Waals surface area (Å²) in [6.45, 7) is 20.8. The minimum atomic E-state index is -2.05. The van der Waals surface area contributed by atoms with E-state index < -0.39 is 88.7 Å². The molecule has 360 valence electrons. The van der Waals surface area contributed by atoms with Crippen LogP contribution in [0.5, 0.6) is 11.5 Å². The van der Waals surface area contributed by atoms with Crippen LogP contribution in [0.4, 0.5) is 0 Å². The van der Waals surface area contributed by atoms with Crippen LogP contribution in [0, 0.1) is 36.5 Å². The average Bonchev–Trinajstić information content (AvgIpc) is 3.73. The number of allylic oxidation sites excluding steroid dienone is 4. The second kappa shape index (κ2) is 19.6. The maximum atomic E-state index is 15.1. The van der Waals surface area contributed by atoms with Gasteiger partial charge in [-0.3, -0.25) is 33.9 Å². The van der Waals surface area contributed by atoms with Crippen molar-refractivity contribution in [3.05, 3.63) is 69.8 Å². The molecule has 5 aliphatic heterocycles. The minimum absolute atomic E-state index is 0.0187. The van der Waals surface area contributed by atoms with E-state index in [4.69, 9.17) is 23.9 Å². The molecule has 0 aromatic heterocycles. The largest absolute Gasteiger partial charge is 0.507 e. The molecule has 6 aliphatic rings. The first-order valence-corrected chi connectivity index (χ1v) is 23.2. The van der Waals surface area contributed by atoms with Gasteiger partial charge in [0.2, 0.25) is 11.7 Å². The smallest absolute Gasteiger partial charge is 0.312 e. The summed E-state index contributed by atoms with van der Waals surface area (Å²) >= 11 is 0. The van der Waals surface area contributed by atoms with E-state index in [-0.39, 0.29) is 63.0 Å². The number of esters is 1. The third-order valence-electron chi connectivity index (χ3n) is 13.9.